The van der Waals surface area contributed by atoms with E-state index >= 15 is 0 Å². The van der Waals surface area contributed by atoms with Gasteiger partial charge in [-0.1, -0.05) is 23.7 Å². The van der Waals surface area contributed by atoms with E-state index in [4.69, 9.17) is 22.2 Å². The zero-order valence-electron chi connectivity index (χ0n) is 9.98. The number of anilines is 1. The van der Waals surface area contributed by atoms with Gasteiger partial charge in [0.1, 0.15) is 18.2 Å². The minimum absolute atomic E-state index is 0.346. The molecule has 0 saturated heterocycles. The molecule has 18 heavy (non-hydrogen) atoms. The van der Waals surface area contributed by atoms with Gasteiger partial charge in [0.25, 0.3) is 0 Å². The number of benzene rings is 1. The maximum absolute atomic E-state index is 6.04. The predicted octanol–water partition coefficient (Wildman–Crippen LogP) is 2.91. The molecule has 1 aromatic carbocycles. The number of nitrogen functional groups attached to an aromatic ring is 1. The zero-order valence-corrected chi connectivity index (χ0v) is 10.7. The van der Waals surface area contributed by atoms with Gasteiger partial charge in [-0.05, 0) is 36.8 Å². The lowest BCUT2D eigenvalue weighted by Gasteiger charge is -2.09. The molecule has 0 saturated carbocycles. The Hall–Kier alpha value is -1.78. The van der Waals surface area contributed by atoms with Gasteiger partial charge in [-0.15, -0.1) is 0 Å². The lowest BCUT2D eigenvalue weighted by atomic mass is 10.2. The molecule has 5 heteroatoms. The van der Waals surface area contributed by atoms with Gasteiger partial charge in [-0.3, -0.25) is 0 Å². The van der Waals surface area contributed by atoms with E-state index in [1.54, 1.807) is 6.07 Å². The van der Waals surface area contributed by atoms with Gasteiger partial charge in [0.05, 0.1) is 10.7 Å². The lowest BCUT2D eigenvalue weighted by molar-refractivity contribution is 0.301. The second-order valence-electron chi connectivity index (χ2n) is 3.88. The summed E-state index contributed by atoms with van der Waals surface area (Å²) in [7, 11) is 0. The van der Waals surface area contributed by atoms with Gasteiger partial charge < -0.3 is 10.2 Å². The van der Waals surface area contributed by atoms with E-state index in [-0.39, 0.29) is 0 Å². The van der Waals surface area contributed by atoms with Crippen LogP contribution in [0.4, 0.5) is 5.82 Å². The van der Waals surface area contributed by atoms with E-state index < -0.39 is 0 Å². The van der Waals surface area contributed by atoms with E-state index in [1.165, 1.54) is 0 Å². The van der Waals surface area contributed by atoms with Crippen LogP contribution in [0.15, 0.2) is 36.4 Å². The molecule has 2 rings (SSSR count). The van der Waals surface area contributed by atoms with Crippen LogP contribution < -0.4 is 16.0 Å². The van der Waals surface area contributed by atoms with E-state index in [9.17, 15) is 0 Å². The highest BCUT2D eigenvalue weighted by Gasteiger charge is 2.03. The first-order valence-corrected chi connectivity index (χ1v) is 5.88. The smallest absolute Gasteiger partial charge is 0.140 e. The van der Waals surface area contributed by atoms with Crippen LogP contribution in [0, 0.1) is 6.92 Å². The number of rotatable bonds is 4. The van der Waals surface area contributed by atoms with Crippen molar-refractivity contribution < 1.29 is 4.74 Å². The molecular weight excluding hydrogens is 250 g/mol. The van der Waals surface area contributed by atoms with Crippen molar-refractivity contribution in [3.63, 3.8) is 0 Å². The Kier molecular flexibility index (Phi) is 4.02. The molecule has 1 aromatic heterocycles. The van der Waals surface area contributed by atoms with Crippen LogP contribution in [0.1, 0.15) is 11.3 Å². The minimum atomic E-state index is 0.346. The Morgan fingerprint density at radius 2 is 2.17 bits per heavy atom. The minimum Gasteiger partial charge on any atom is -0.486 e. The van der Waals surface area contributed by atoms with Crippen molar-refractivity contribution in [2.75, 3.05) is 5.43 Å². The van der Waals surface area contributed by atoms with Gasteiger partial charge in [0.2, 0.25) is 0 Å². The summed E-state index contributed by atoms with van der Waals surface area (Å²) >= 11 is 6.04. The highest BCUT2D eigenvalue weighted by atomic mass is 35.5. The van der Waals surface area contributed by atoms with Crippen molar-refractivity contribution >= 4 is 17.4 Å². The normalized spacial score (nSPS) is 10.2. The molecule has 4 nitrogen and oxygen atoms in total. The molecule has 0 unspecified atom stereocenters. The summed E-state index contributed by atoms with van der Waals surface area (Å²) in [4.78, 5) is 4.25. The van der Waals surface area contributed by atoms with E-state index in [0.717, 1.165) is 11.3 Å². The zero-order chi connectivity index (χ0) is 13.0. The van der Waals surface area contributed by atoms with Gasteiger partial charge in [0, 0.05) is 0 Å². The molecule has 94 valence electrons. The largest absolute Gasteiger partial charge is 0.486 e. The second-order valence-corrected chi connectivity index (χ2v) is 4.29. The first kappa shape index (κ1) is 12.7. The first-order chi connectivity index (χ1) is 8.69. The maximum atomic E-state index is 6.04. The quantitative estimate of drug-likeness (QED) is 0.658. The topological polar surface area (TPSA) is 60.2 Å². The summed E-state index contributed by atoms with van der Waals surface area (Å²) in [5.74, 6) is 6.56. The van der Waals surface area contributed by atoms with E-state index in [0.29, 0.717) is 23.2 Å². The fourth-order valence-electron chi connectivity index (χ4n) is 1.51. The Balaban J connectivity index is 2.08. The van der Waals surface area contributed by atoms with Crippen LogP contribution >= 0.6 is 11.6 Å². The molecule has 2 aromatic rings. The molecule has 0 amide bonds. The molecule has 0 aliphatic heterocycles. The van der Waals surface area contributed by atoms with Crippen molar-refractivity contribution in [2.24, 2.45) is 5.84 Å². The molecule has 0 bridgehead atoms. The van der Waals surface area contributed by atoms with Crippen LogP contribution in [0.3, 0.4) is 0 Å². The summed E-state index contributed by atoms with van der Waals surface area (Å²) in [5.41, 5.74) is 4.37. The standard InChI is InChI=1S/C13H14ClN3O/c1-9-5-6-11(14)12(7-9)18-8-10-3-2-4-13(16-10)17-15/h2-7H,8,15H2,1H3,(H,16,17). The molecule has 0 spiro atoms. The number of hydrogen-bond acceptors (Lipinski definition) is 4. The van der Waals surface area contributed by atoms with Crippen LogP contribution in [-0.2, 0) is 6.61 Å². The van der Waals surface area contributed by atoms with Gasteiger partial charge >= 0.3 is 0 Å². The fraction of sp³-hybridized carbons (Fsp3) is 0.154. The van der Waals surface area contributed by atoms with Crippen LogP contribution in [0.25, 0.3) is 0 Å². The summed E-state index contributed by atoms with van der Waals surface area (Å²) in [6.07, 6.45) is 0. The molecule has 3 N–H and O–H groups in total. The van der Waals surface area contributed by atoms with Crippen LogP contribution in [0.5, 0.6) is 5.75 Å². The Morgan fingerprint density at radius 3 is 2.94 bits per heavy atom. The highest BCUT2D eigenvalue weighted by molar-refractivity contribution is 6.32. The summed E-state index contributed by atoms with van der Waals surface area (Å²) in [5, 5.41) is 0.591. The second kappa shape index (κ2) is 5.71. The summed E-state index contributed by atoms with van der Waals surface area (Å²) in [6.45, 7) is 2.33. The van der Waals surface area contributed by atoms with Crippen molar-refractivity contribution in [1.82, 2.24) is 4.98 Å². The summed E-state index contributed by atoms with van der Waals surface area (Å²) < 4.78 is 5.64. The number of halogens is 1. The van der Waals surface area contributed by atoms with E-state index in [1.807, 2.05) is 37.3 Å². The molecule has 0 fully saturated rings. The SMILES string of the molecule is Cc1ccc(Cl)c(OCc2cccc(NN)n2)c1. The number of hydrazine groups is 1. The van der Waals surface area contributed by atoms with Gasteiger partial charge in [-0.2, -0.15) is 0 Å². The molecule has 0 radical (unpaired) electrons. The molecule has 0 aliphatic carbocycles. The van der Waals surface area contributed by atoms with Crippen molar-refractivity contribution in [3.8, 4) is 5.75 Å². The predicted molar refractivity (Wildman–Crippen MR) is 72.6 cm³/mol. The number of pyridine rings is 1. The Bertz CT molecular complexity index is 546. The average Bonchev–Trinajstić information content (AvgIpc) is 2.40. The third-order valence-electron chi connectivity index (χ3n) is 2.42. The van der Waals surface area contributed by atoms with E-state index in [2.05, 4.69) is 10.4 Å². The number of aryl methyl sites for hydroxylation is 1. The number of nitrogens with one attached hydrogen (secondary N) is 1. The first-order valence-electron chi connectivity index (χ1n) is 5.50. The summed E-state index contributed by atoms with van der Waals surface area (Å²) in [6, 6.07) is 11.2. The molecule has 1 heterocycles. The van der Waals surface area contributed by atoms with Gasteiger partial charge in [0.15, 0.2) is 0 Å². The monoisotopic (exact) mass is 263 g/mol. The molecule has 0 aliphatic rings. The maximum Gasteiger partial charge on any atom is 0.140 e. The lowest BCUT2D eigenvalue weighted by Crippen LogP contribution is -2.09. The number of nitrogens with two attached hydrogens (primary N) is 1. The van der Waals surface area contributed by atoms with Crippen molar-refractivity contribution in [1.29, 1.82) is 0 Å². The number of aromatic nitrogens is 1. The third kappa shape index (κ3) is 3.12. The van der Waals surface area contributed by atoms with Crippen molar-refractivity contribution in [2.45, 2.75) is 13.5 Å². The third-order valence-corrected chi connectivity index (χ3v) is 2.73. The van der Waals surface area contributed by atoms with Crippen LogP contribution in [0.2, 0.25) is 5.02 Å². The fourth-order valence-corrected chi connectivity index (χ4v) is 1.69. The Morgan fingerprint density at radius 1 is 1.33 bits per heavy atom. The van der Waals surface area contributed by atoms with Gasteiger partial charge in [-0.25, -0.2) is 10.8 Å². The number of hydrogen-bond donors (Lipinski definition) is 2. The Labute approximate surface area is 111 Å². The molecule has 0 atom stereocenters. The highest BCUT2D eigenvalue weighted by Crippen LogP contribution is 2.25. The number of nitrogens with zero attached hydrogens (tertiary/aromatic N) is 1. The molecular formula is C13H14ClN3O. The number of ether oxygens (including phenoxy) is 1. The van der Waals surface area contributed by atoms with Crippen molar-refractivity contribution in [3.05, 3.63) is 52.7 Å². The van der Waals surface area contributed by atoms with Crippen LogP contribution in [-0.4, -0.2) is 4.98 Å². The average molecular weight is 264 g/mol.